The van der Waals surface area contributed by atoms with Crippen molar-refractivity contribution in [2.75, 3.05) is 26.2 Å². The number of H-pyrrole nitrogens is 2. The van der Waals surface area contributed by atoms with Crippen LogP contribution in [0.1, 0.15) is 12.8 Å². The fourth-order valence-corrected chi connectivity index (χ4v) is 5.12. The molecule has 0 radical (unpaired) electrons. The molecule has 0 bridgehead atoms. The van der Waals surface area contributed by atoms with Gasteiger partial charge in [0.05, 0.1) is 16.6 Å². The van der Waals surface area contributed by atoms with Crippen molar-refractivity contribution in [2.24, 2.45) is 0 Å². The molecule has 7 rings (SSSR count). The van der Waals surface area contributed by atoms with Crippen LogP contribution in [-0.4, -0.2) is 66.3 Å². The number of hydrogen-bond donors (Lipinski definition) is 2. The van der Waals surface area contributed by atoms with E-state index in [4.69, 9.17) is 9.72 Å². The zero-order chi connectivity index (χ0) is 26.2. The quantitative estimate of drug-likeness (QED) is 0.296. The lowest BCUT2D eigenvalue weighted by Crippen LogP contribution is -2.25. The van der Waals surface area contributed by atoms with Crippen molar-refractivity contribution in [3.8, 4) is 39.7 Å². The number of benzene rings is 1. The lowest BCUT2D eigenvalue weighted by Gasteiger charge is -2.15. The number of nitrogens with zero attached hydrogens (tertiary/aromatic N) is 6. The largest absolute Gasteiger partial charge is 0.492 e. The molecule has 9 nitrogen and oxygen atoms in total. The minimum Gasteiger partial charge on any atom is -0.492 e. The summed E-state index contributed by atoms with van der Waals surface area (Å²) in [5, 5.41) is 8.30. The Morgan fingerprint density at radius 2 is 1.85 bits per heavy atom. The Bertz CT molecular complexity index is 1780. The molecule has 1 fully saturated rings. The van der Waals surface area contributed by atoms with Gasteiger partial charge in [-0.25, -0.2) is 14.4 Å². The lowest BCUT2D eigenvalue weighted by atomic mass is 10.1. The third kappa shape index (κ3) is 4.59. The van der Waals surface area contributed by atoms with Crippen LogP contribution < -0.4 is 4.74 Å². The van der Waals surface area contributed by atoms with Gasteiger partial charge in [-0.15, -0.1) is 0 Å². The van der Waals surface area contributed by atoms with Gasteiger partial charge in [0.2, 0.25) is 0 Å². The number of aromatic amines is 2. The summed E-state index contributed by atoms with van der Waals surface area (Å²) in [7, 11) is 0. The van der Waals surface area contributed by atoms with Crippen molar-refractivity contribution in [3.63, 3.8) is 0 Å². The smallest absolute Gasteiger partial charge is 0.159 e. The van der Waals surface area contributed by atoms with Crippen LogP contribution in [0.3, 0.4) is 0 Å². The standard InChI is InChI=1S/C29H25FN8O/c30-21-12-19(13-22(15-21)39-11-10-38-8-1-2-9-38)25-27-24(5-7-32-25)34-29(35-27)26-23-14-20(17-33-28(23)37-36-26)18-4-3-6-31-16-18/h3-7,12-17H,1-2,8-11H2,(H,34,35)(H,33,36,37). The number of likely N-dealkylation sites (tertiary alicyclic amines) is 1. The summed E-state index contributed by atoms with van der Waals surface area (Å²) in [5.74, 6) is 0.658. The number of ether oxygens (including phenoxy) is 1. The molecule has 0 spiro atoms. The molecule has 6 aromatic rings. The van der Waals surface area contributed by atoms with E-state index in [0.29, 0.717) is 46.3 Å². The van der Waals surface area contributed by atoms with Gasteiger partial charge in [0.15, 0.2) is 11.5 Å². The molecule has 5 aromatic heterocycles. The van der Waals surface area contributed by atoms with Gasteiger partial charge in [0, 0.05) is 54.1 Å². The molecule has 39 heavy (non-hydrogen) atoms. The zero-order valence-electron chi connectivity index (χ0n) is 21.1. The fourth-order valence-electron chi connectivity index (χ4n) is 5.12. The van der Waals surface area contributed by atoms with Crippen molar-refractivity contribution >= 4 is 22.1 Å². The maximum atomic E-state index is 14.7. The number of hydrogen-bond acceptors (Lipinski definition) is 7. The molecule has 0 unspecified atom stereocenters. The first kappa shape index (κ1) is 23.4. The van der Waals surface area contributed by atoms with Gasteiger partial charge < -0.3 is 9.72 Å². The van der Waals surface area contributed by atoms with Gasteiger partial charge in [-0.3, -0.25) is 20.0 Å². The van der Waals surface area contributed by atoms with Crippen molar-refractivity contribution < 1.29 is 9.13 Å². The van der Waals surface area contributed by atoms with Crippen molar-refractivity contribution in [3.05, 3.63) is 73.1 Å². The molecular weight excluding hydrogens is 495 g/mol. The number of halogens is 1. The van der Waals surface area contributed by atoms with E-state index in [-0.39, 0.29) is 5.82 Å². The van der Waals surface area contributed by atoms with E-state index in [1.807, 2.05) is 30.3 Å². The first-order chi connectivity index (χ1) is 19.2. The summed E-state index contributed by atoms with van der Waals surface area (Å²) in [6.07, 6.45) is 9.45. The predicted octanol–water partition coefficient (Wildman–Crippen LogP) is 5.24. The molecule has 0 saturated carbocycles. The molecule has 10 heteroatoms. The van der Waals surface area contributed by atoms with Gasteiger partial charge in [-0.05, 0) is 56.3 Å². The Balaban J connectivity index is 1.23. The molecule has 1 saturated heterocycles. The van der Waals surface area contributed by atoms with E-state index in [1.54, 1.807) is 24.8 Å². The van der Waals surface area contributed by atoms with E-state index in [0.717, 1.165) is 41.7 Å². The molecule has 194 valence electrons. The number of pyridine rings is 3. The Labute approximate surface area is 223 Å². The molecule has 1 aliphatic heterocycles. The van der Waals surface area contributed by atoms with E-state index >= 15 is 0 Å². The van der Waals surface area contributed by atoms with Crippen LogP contribution in [0.25, 0.3) is 56.0 Å². The molecule has 2 N–H and O–H groups in total. The van der Waals surface area contributed by atoms with E-state index in [1.165, 1.54) is 25.0 Å². The highest BCUT2D eigenvalue weighted by molar-refractivity contribution is 5.96. The van der Waals surface area contributed by atoms with Gasteiger partial charge in [-0.2, -0.15) is 5.10 Å². The van der Waals surface area contributed by atoms with Crippen LogP contribution in [0.5, 0.6) is 5.75 Å². The van der Waals surface area contributed by atoms with Gasteiger partial charge in [0.1, 0.15) is 29.4 Å². The minimum absolute atomic E-state index is 0.384. The second-order valence-electron chi connectivity index (χ2n) is 9.65. The molecule has 0 amide bonds. The second-order valence-corrected chi connectivity index (χ2v) is 9.65. The normalized spacial score (nSPS) is 14.0. The monoisotopic (exact) mass is 520 g/mol. The Morgan fingerprint density at radius 3 is 2.72 bits per heavy atom. The van der Waals surface area contributed by atoms with Crippen molar-refractivity contribution in [1.82, 2.24) is 40.0 Å². The average Bonchev–Trinajstić information content (AvgIpc) is 3.72. The summed E-state index contributed by atoms with van der Waals surface area (Å²) in [6, 6.07) is 12.4. The fraction of sp³-hybridized carbons (Fsp3) is 0.207. The van der Waals surface area contributed by atoms with Crippen LogP contribution in [0.4, 0.5) is 4.39 Å². The SMILES string of the molecule is Fc1cc(OCCN2CCCC2)cc(-c2nccc3[nH]c(-c4n[nH]c5ncc(-c6cccnc6)cc45)nc23)c1. The van der Waals surface area contributed by atoms with Crippen molar-refractivity contribution in [2.45, 2.75) is 12.8 Å². The van der Waals surface area contributed by atoms with Crippen LogP contribution in [0, 0.1) is 5.82 Å². The number of aromatic nitrogens is 7. The van der Waals surface area contributed by atoms with Crippen LogP contribution in [-0.2, 0) is 0 Å². The third-order valence-corrected chi connectivity index (χ3v) is 7.06. The summed E-state index contributed by atoms with van der Waals surface area (Å²) in [4.78, 5) is 23.9. The predicted molar refractivity (Wildman–Crippen MR) is 147 cm³/mol. The van der Waals surface area contributed by atoms with Crippen LogP contribution in [0.2, 0.25) is 0 Å². The Kier molecular flexibility index (Phi) is 5.93. The highest BCUT2D eigenvalue weighted by Crippen LogP contribution is 2.33. The van der Waals surface area contributed by atoms with Gasteiger partial charge in [0.25, 0.3) is 0 Å². The Hall–Kier alpha value is -4.70. The maximum absolute atomic E-state index is 14.7. The summed E-state index contributed by atoms with van der Waals surface area (Å²) in [5.41, 5.74) is 5.72. The van der Waals surface area contributed by atoms with Gasteiger partial charge in [-0.1, -0.05) is 6.07 Å². The van der Waals surface area contributed by atoms with Crippen LogP contribution >= 0.6 is 0 Å². The first-order valence-electron chi connectivity index (χ1n) is 13.0. The van der Waals surface area contributed by atoms with E-state index < -0.39 is 0 Å². The number of fused-ring (bicyclic) bond motifs is 2. The third-order valence-electron chi connectivity index (χ3n) is 7.06. The Morgan fingerprint density at radius 1 is 0.923 bits per heavy atom. The van der Waals surface area contributed by atoms with Crippen LogP contribution in [0.15, 0.2) is 67.3 Å². The molecule has 1 aliphatic rings. The number of rotatable bonds is 7. The molecular formula is C29H25FN8O. The van der Waals surface area contributed by atoms with Crippen molar-refractivity contribution in [1.29, 1.82) is 0 Å². The molecule has 1 aromatic carbocycles. The maximum Gasteiger partial charge on any atom is 0.159 e. The highest BCUT2D eigenvalue weighted by atomic mass is 19.1. The molecule has 0 atom stereocenters. The zero-order valence-corrected chi connectivity index (χ0v) is 21.1. The average molecular weight is 521 g/mol. The summed E-state index contributed by atoms with van der Waals surface area (Å²) in [6.45, 7) is 3.53. The van der Waals surface area contributed by atoms with E-state index in [2.05, 4.69) is 35.0 Å². The van der Waals surface area contributed by atoms with E-state index in [9.17, 15) is 4.39 Å². The topological polar surface area (TPSA) is 108 Å². The number of imidazole rings is 1. The summed E-state index contributed by atoms with van der Waals surface area (Å²) < 4.78 is 20.6. The molecule has 0 aliphatic carbocycles. The van der Waals surface area contributed by atoms with Gasteiger partial charge >= 0.3 is 0 Å². The minimum atomic E-state index is -0.384. The second kappa shape index (κ2) is 9.88. The lowest BCUT2D eigenvalue weighted by molar-refractivity contribution is 0.237. The first-order valence-corrected chi connectivity index (χ1v) is 13.0. The highest BCUT2D eigenvalue weighted by Gasteiger charge is 2.18. The number of nitrogens with one attached hydrogen (secondary N) is 2. The molecule has 6 heterocycles. The summed E-state index contributed by atoms with van der Waals surface area (Å²) >= 11 is 0.